The predicted octanol–water partition coefficient (Wildman–Crippen LogP) is 3.52. The van der Waals surface area contributed by atoms with Crippen molar-refractivity contribution in [3.05, 3.63) is 29.8 Å². The van der Waals surface area contributed by atoms with E-state index in [1.54, 1.807) is 30.0 Å². The lowest BCUT2D eigenvalue weighted by Gasteiger charge is -2.04. The lowest BCUT2D eigenvalue weighted by molar-refractivity contribution is 0.0696. The van der Waals surface area contributed by atoms with Gasteiger partial charge in [0, 0.05) is 4.90 Å². The standard InChI is InChI=1S/C12H16O2S/c1-9(2)6-7-15-11-5-3-4-10(8-11)12(13)14/h3-5,8-9H,6-7H2,1-2H3,(H,13,14). The summed E-state index contributed by atoms with van der Waals surface area (Å²) in [5.74, 6) is 0.877. The molecule has 0 aromatic heterocycles. The molecule has 0 spiro atoms. The van der Waals surface area contributed by atoms with Gasteiger partial charge in [0.1, 0.15) is 0 Å². The molecule has 1 aromatic rings. The fourth-order valence-corrected chi connectivity index (χ4v) is 2.34. The second-order valence-corrected chi connectivity index (χ2v) is 5.03. The molecule has 0 aliphatic heterocycles. The van der Waals surface area contributed by atoms with Crippen LogP contribution in [0.25, 0.3) is 0 Å². The lowest BCUT2D eigenvalue weighted by Crippen LogP contribution is -1.95. The maximum atomic E-state index is 10.7. The molecule has 1 aromatic carbocycles. The van der Waals surface area contributed by atoms with Crippen LogP contribution in [0.4, 0.5) is 0 Å². The third-order valence-corrected chi connectivity index (χ3v) is 3.07. The summed E-state index contributed by atoms with van der Waals surface area (Å²) >= 11 is 1.72. The van der Waals surface area contributed by atoms with Gasteiger partial charge in [0.2, 0.25) is 0 Å². The Morgan fingerprint density at radius 1 is 1.47 bits per heavy atom. The predicted molar refractivity (Wildman–Crippen MR) is 63.6 cm³/mol. The SMILES string of the molecule is CC(C)CCSc1cccc(C(=O)O)c1. The second-order valence-electron chi connectivity index (χ2n) is 3.86. The summed E-state index contributed by atoms with van der Waals surface area (Å²) < 4.78 is 0. The van der Waals surface area contributed by atoms with Gasteiger partial charge in [-0.3, -0.25) is 0 Å². The fraction of sp³-hybridized carbons (Fsp3) is 0.417. The van der Waals surface area contributed by atoms with Crippen LogP contribution in [0.3, 0.4) is 0 Å². The van der Waals surface area contributed by atoms with Gasteiger partial charge in [-0.25, -0.2) is 4.79 Å². The summed E-state index contributed by atoms with van der Waals surface area (Å²) in [5.41, 5.74) is 0.365. The third-order valence-electron chi connectivity index (χ3n) is 2.04. The molecule has 3 heteroatoms. The van der Waals surface area contributed by atoms with Crippen LogP contribution < -0.4 is 0 Å². The zero-order chi connectivity index (χ0) is 11.3. The van der Waals surface area contributed by atoms with Gasteiger partial charge in [0.15, 0.2) is 0 Å². The van der Waals surface area contributed by atoms with Crippen molar-refractivity contribution in [1.82, 2.24) is 0 Å². The average Bonchev–Trinajstić information content (AvgIpc) is 2.17. The molecule has 0 atom stereocenters. The Labute approximate surface area is 94.7 Å². The number of rotatable bonds is 5. The van der Waals surface area contributed by atoms with E-state index >= 15 is 0 Å². The molecule has 15 heavy (non-hydrogen) atoms. The van der Waals surface area contributed by atoms with E-state index in [-0.39, 0.29) is 0 Å². The van der Waals surface area contributed by atoms with Crippen LogP contribution in [-0.4, -0.2) is 16.8 Å². The molecule has 82 valence electrons. The number of hydrogen-bond acceptors (Lipinski definition) is 2. The first kappa shape index (κ1) is 12.1. The highest BCUT2D eigenvalue weighted by atomic mass is 32.2. The highest BCUT2D eigenvalue weighted by molar-refractivity contribution is 7.99. The van der Waals surface area contributed by atoms with Crippen LogP contribution in [-0.2, 0) is 0 Å². The van der Waals surface area contributed by atoms with Gasteiger partial charge in [0.25, 0.3) is 0 Å². The minimum absolute atomic E-state index is 0.365. The fourth-order valence-electron chi connectivity index (χ4n) is 1.13. The Kier molecular flexibility index (Phi) is 4.69. The van der Waals surface area contributed by atoms with Gasteiger partial charge in [0.05, 0.1) is 5.56 Å². The molecular weight excluding hydrogens is 208 g/mol. The molecule has 0 amide bonds. The van der Waals surface area contributed by atoms with Crippen molar-refractivity contribution in [2.24, 2.45) is 5.92 Å². The molecule has 0 heterocycles. The number of carboxylic acids is 1. The van der Waals surface area contributed by atoms with Gasteiger partial charge in [-0.2, -0.15) is 0 Å². The minimum atomic E-state index is -0.860. The monoisotopic (exact) mass is 224 g/mol. The first-order valence-electron chi connectivity index (χ1n) is 5.05. The van der Waals surface area contributed by atoms with Crippen molar-refractivity contribution in [2.75, 3.05) is 5.75 Å². The zero-order valence-electron chi connectivity index (χ0n) is 9.06. The van der Waals surface area contributed by atoms with Crippen molar-refractivity contribution in [2.45, 2.75) is 25.2 Å². The van der Waals surface area contributed by atoms with Crippen LogP contribution in [0.5, 0.6) is 0 Å². The number of thioether (sulfide) groups is 1. The molecule has 0 saturated carbocycles. The Hall–Kier alpha value is -0.960. The average molecular weight is 224 g/mol. The van der Waals surface area contributed by atoms with Crippen molar-refractivity contribution >= 4 is 17.7 Å². The zero-order valence-corrected chi connectivity index (χ0v) is 9.88. The Balaban J connectivity index is 2.54. The number of hydrogen-bond donors (Lipinski definition) is 1. The van der Waals surface area contributed by atoms with E-state index < -0.39 is 5.97 Å². The third kappa shape index (κ3) is 4.38. The van der Waals surface area contributed by atoms with E-state index in [1.165, 1.54) is 0 Å². The van der Waals surface area contributed by atoms with Gasteiger partial charge < -0.3 is 5.11 Å². The van der Waals surface area contributed by atoms with E-state index in [0.717, 1.165) is 17.1 Å². The maximum Gasteiger partial charge on any atom is 0.335 e. The minimum Gasteiger partial charge on any atom is -0.478 e. The van der Waals surface area contributed by atoms with Gasteiger partial charge in [-0.1, -0.05) is 19.9 Å². The molecule has 0 bridgehead atoms. The Morgan fingerprint density at radius 2 is 2.20 bits per heavy atom. The summed E-state index contributed by atoms with van der Waals surface area (Å²) in [6.07, 6.45) is 1.15. The number of carboxylic acid groups (broad SMARTS) is 1. The first-order valence-corrected chi connectivity index (χ1v) is 6.04. The van der Waals surface area contributed by atoms with Gasteiger partial charge >= 0.3 is 5.97 Å². The van der Waals surface area contributed by atoms with Crippen LogP contribution in [0, 0.1) is 5.92 Å². The number of carbonyl (C=O) groups is 1. The first-order chi connectivity index (χ1) is 7.09. The largest absolute Gasteiger partial charge is 0.478 e. The smallest absolute Gasteiger partial charge is 0.335 e. The van der Waals surface area contributed by atoms with E-state index in [0.29, 0.717) is 11.5 Å². The summed E-state index contributed by atoms with van der Waals surface area (Å²) in [6, 6.07) is 7.10. The highest BCUT2D eigenvalue weighted by Crippen LogP contribution is 2.21. The summed E-state index contributed by atoms with van der Waals surface area (Å²) in [6.45, 7) is 4.38. The molecule has 0 saturated heterocycles. The van der Waals surface area contributed by atoms with Crippen molar-refractivity contribution < 1.29 is 9.90 Å². The van der Waals surface area contributed by atoms with E-state index in [2.05, 4.69) is 13.8 Å². The Bertz CT molecular complexity index is 334. The maximum absolute atomic E-state index is 10.7. The van der Waals surface area contributed by atoms with Gasteiger partial charge in [-0.05, 0) is 36.3 Å². The lowest BCUT2D eigenvalue weighted by atomic mass is 10.2. The quantitative estimate of drug-likeness (QED) is 0.777. The Morgan fingerprint density at radius 3 is 2.80 bits per heavy atom. The van der Waals surface area contributed by atoms with E-state index in [9.17, 15) is 4.79 Å². The normalized spacial score (nSPS) is 10.6. The summed E-state index contributed by atoms with van der Waals surface area (Å²) in [4.78, 5) is 11.8. The van der Waals surface area contributed by atoms with Crippen LogP contribution >= 0.6 is 11.8 Å². The molecule has 0 unspecified atom stereocenters. The number of aromatic carboxylic acids is 1. The molecular formula is C12H16O2S. The van der Waals surface area contributed by atoms with Crippen LogP contribution in [0.15, 0.2) is 29.2 Å². The molecule has 2 nitrogen and oxygen atoms in total. The van der Waals surface area contributed by atoms with E-state index in [1.807, 2.05) is 6.07 Å². The number of benzene rings is 1. The van der Waals surface area contributed by atoms with Crippen LogP contribution in [0.2, 0.25) is 0 Å². The molecule has 1 N–H and O–H groups in total. The topological polar surface area (TPSA) is 37.3 Å². The molecule has 0 fully saturated rings. The molecule has 0 aliphatic rings. The molecule has 0 radical (unpaired) electrons. The van der Waals surface area contributed by atoms with Crippen LogP contribution in [0.1, 0.15) is 30.6 Å². The second kappa shape index (κ2) is 5.81. The van der Waals surface area contributed by atoms with Gasteiger partial charge in [-0.15, -0.1) is 11.8 Å². The highest BCUT2D eigenvalue weighted by Gasteiger charge is 2.03. The van der Waals surface area contributed by atoms with Crippen molar-refractivity contribution in [3.8, 4) is 0 Å². The summed E-state index contributed by atoms with van der Waals surface area (Å²) in [7, 11) is 0. The van der Waals surface area contributed by atoms with Crippen molar-refractivity contribution in [1.29, 1.82) is 0 Å². The summed E-state index contributed by atoms with van der Waals surface area (Å²) in [5, 5.41) is 8.81. The molecule has 1 rings (SSSR count). The van der Waals surface area contributed by atoms with E-state index in [4.69, 9.17) is 5.11 Å². The molecule has 0 aliphatic carbocycles. The van der Waals surface area contributed by atoms with Crippen molar-refractivity contribution in [3.63, 3.8) is 0 Å².